The van der Waals surface area contributed by atoms with Crippen LogP contribution in [-0.2, 0) is 21.5 Å². The Bertz CT molecular complexity index is 868. The van der Waals surface area contributed by atoms with Gasteiger partial charge in [-0.2, -0.15) is 8.42 Å². The van der Waals surface area contributed by atoms with Crippen molar-refractivity contribution in [2.24, 2.45) is 5.41 Å². The van der Waals surface area contributed by atoms with Gasteiger partial charge in [0.15, 0.2) is 28.8 Å². The molecule has 0 radical (unpaired) electrons. The van der Waals surface area contributed by atoms with E-state index in [4.69, 9.17) is 3.07 Å². The van der Waals surface area contributed by atoms with Crippen LogP contribution in [0.15, 0.2) is 12.1 Å². The third-order valence-electron chi connectivity index (χ3n) is 5.68. The first-order valence-electron chi connectivity index (χ1n) is 9.27. The zero-order valence-electron chi connectivity index (χ0n) is 16.4. The molecule has 2 fully saturated rings. The molecule has 1 heterocycles. The van der Waals surface area contributed by atoms with Crippen molar-refractivity contribution < 1.29 is 16.3 Å². The van der Waals surface area contributed by atoms with E-state index in [2.05, 4.69) is 35.0 Å². The number of carbonyl (C=O) groups is 1. The van der Waals surface area contributed by atoms with Gasteiger partial charge < -0.3 is 3.07 Å². The number of amides is 1. The van der Waals surface area contributed by atoms with Gasteiger partial charge in [0.05, 0.1) is 0 Å². The summed E-state index contributed by atoms with van der Waals surface area (Å²) in [5, 5.41) is 0.683. The molecule has 7 nitrogen and oxygen atoms in total. The normalized spacial score (nSPS) is 21.8. The first kappa shape index (κ1) is 22.1. The van der Waals surface area contributed by atoms with Gasteiger partial charge in [-0.25, -0.2) is 9.03 Å². The average Bonchev–Trinajstić information content (AvgIpc) is 2.86. The molecule has 1 aliphatic heterocycles. The topological polar surface area (TPSA) is 79.0 Å². The van der Waals surface area contributed by atoms with Crippen molar-refractivity contribution in [3.63, 3.8) is 0 Å². The highest BCUT2D eigenvalue weighted by Gasteiger charge is 2.37. The number of nitrogens with one attached hydrogen (secondary N) is 1. The molecule has 1 saturated heterocycles. The summed E-state index contributed by atoms with van der Waals surface area (Å²) in [6.45, 7) is 5.18. The van der Waals surface area contributed by atoms with Crippen molar-refractivity contribution in [1.29, 1.82) is 0 Å². The fraction of sp³-hybridized carbons (Fsp3) is 0.611. The van der Waals surface area contributed by atoms with Crippen LogP contribution in [0, 0.1) is 5.41 Å². The number of rotatable bonds is 5. The maximum absolute atomic E-state index is 12.2. The molecule has 1 atom stereocenters. The Morgan fingerprint density at radius 3 is 2.54 bits per heavy atom. The van der Waals surface area contributed by atoms with E-state index < -0.39 is 16.1 Å². The molecule has 156 valence electrons. The van der Waals surface area contributed by atoms with Crippen LogP contribution < -0.4 is 17.4 Å². The summed E-state index contributed by atoms with van der Waals surface area (Å²) in [4.78, 5) is 14.0. The molecule has 0 spiro atoms. The number of carbonyl (C=O) groups excluding carboxylic acids is 1. The number of nitrogens with zero attached hydrogens (tertiary/aromatic N) is 2. The minimum atomic E-state index is -3.88. The molecule has 1 unspecified atom stereocenters. The maximum Gasteiger partial charge on any atom is 0.326 e. The van der Waals surface area contributed by atoms with Gasteiger partial charge in [-0.15, -0.1) is 9.24 Å². The van der Waals surface area contributed by atoms with E-state index >= 15 is 0 Å². The summed E-state index contributed by atoms with van der Waals surface area (Å²) >= 11 is 1.75. The van der Waals surface area contributed by atoms with Gasteiger partial charge in [-0.05, 0) is 61.1 Å². The first-order chi connectivity index (χ1) is 13.0. The second-order valence-corrected chi connectivity index (χ2v) is 11.1. The van der Waals surface area contributed by atoms with Gasteiger partial charge in [-0.3, -0.25) is 9.69 Å². The van der Waals surface area contributed by atoms with E-state index in [1.165, 1.54) is 25.7 Å². The van der Waals surface area contributed by atoms with E-state index in [1.54, 1.807) is 23.0 Å². The molecule has 1 saturated carbocycles. The number of hydrogen-bond acceptors (Lipinski definition) is 5. The Hall–Kier alpha value is -0.640. The van der Waals surface area contributed by atoms with Gasteiger partial charge in [0.25, 0.3) is 5.91 Å². The van der Waals surface area contributed by atoms with Gasteiger partial charge in [0.1, 0.15) is 12.2 Å². The van der Waals surface area contributed by atoms with Crippen molar-refractivity contribution >= 4 is 59.4 Å². The van der Waals surface area contributed by atoms with Crippen LogP contribution >= 0.6 is 32.2 Å². The van der Waals surface area contributed by atoms with Crippen molar-refractivity contribution in [3.05, 3.63) is 17.7 Å². The average molecular weight is 539 g/mol. The number of hydrogen-bond donors (Lipinski definition) is 1. The Kier molecular flexibility index (Phi) is 6.49. The second-order valence-electron chi connectivity index (χ2n) is 8.46. The Labute approximate surface area is 183 Å². The quantitative estimate of drug-likeness (QED) is 0.460. The Morgan fingerprint density at radius 2 is 2.00 bits per heavy atom. The van der Waals surface area contributed by atoms with Crippen molar-refractivity contribution in [3.8, 4) is 5.75 Å². The van der Waals surface area contributed by atoms with Crippen molar-refractivity contribution in [1.82, 2.24) is 9.62 Å². The van der Waals surface area contributed by atoms with Gasteiger partial charge in [0.2, 0.25) is 0 Å². The lowest BCUT2D eigenvalue weighted by Crippen LogP contribution is -2.37. The molecular weight excluding hydrogens is 512 g/mol. The summed E-state index contributed by atoms with van der Waals surface area (Å²) in [6.07, 6.45) is 4.83. The number of halogens is 1. The third kappa shape index (κ3) is 4.74. The first-order valence-corrected chi connectivity index (χ1v) is 12.2. The van der Waals surface area contributed by atoms with E-state index in [-0.39, 0.29) is 6.54 Å². The number of benzene rings is 1. The molecule has 0 bridgehead atoms. The molecular formula is C18H27IN3O4PS. The summed E-state index contributed by atoms with van der Waals surface area (Å²) in [5.41, 5.74) is 1.86. The van der Waals surface area contributed by atoms with Crippen LogP contribution in [0.2, 0.25) is 0 Å². The van der Waals surface area contributed by atoms with Crippen LogP contribution in [0.5, 0.6) is 5.75 Å². The second kappa shape index (κ2) is 8.24. The fourth-order valence-corrected chi connectivity index (χ4v) is 6.12. The molecule has 1 aliphatic carbocycles. The van der Waals surface area contributed by atoms with E-state index in [1.807, 2.05) is 16.9 Å². The number of anilines is 1. The molecule has 0 aromatic heterocycles. The molecule has 3 rings (SSSR count). The minimum Gasteiger partial charge on any atom is -0.425 e. The smallest absolute Gasteiger partial charge is 0.326 e. The maximum atomic E-state index is 12.2. The third-order valence-corrected chi connectivity index (χ3v) is 7.97. The molecule has 10 heteroatoms. The largest absolute Gasteiger partial charge is 0.425 e. The lowest BCUT2D eigenvalue weighted by Gasteiger charge is -2.38. The zero-order valence-corrected chi connectivity index (χ0v) is 20.5. The highest BCUT2D eigenvalue weighted by molar-refractivity contribution is 14.1. The van der Waals surface area contributed by atoms with E-state index in [9.17, 15) is 13.2 Å². The minimum absolute atomic E-state index is 0.242. The predicted molar refractivity (Wildman–Crippen MR) is 122 cm³/mol. The Morgan fingerprint density at radius 1 is 1.36 bits per heavy atom. The SMILES string of the molecule is CN(Cc1cc(P)c(N2CC(=O)NS2(=O)=O)c(OI)c1)C1CCC(C)(C)CC1. The molecule has 1 N–H and O–H groups in total. The molecule has 1 amide bonds. The fourth-order valence-electron chi connectivity index (χ4n) is 3.99. The zero-order chi connectivity index (χ0) is 20.7. The lowest BCUT2D eigenvalue weighted by atomic mass is 9.75. The van der Waals surface area contributed by atoms with Crippen LogP contribution in [0.25, 0.3) is 0 Å². The molecule has 1 aromatic rings. The summed E-state index contributed by atoms with van der Waals surface area (Å²) < 4.78 is 33.0. The van der Waals surface area contributed by atoms with Gasteiger partial charge in [0, 0.05) is 12.6 Å². The van der Waals surface area contributed by atoms with Crippen molar-refractivity contribution in [2.45, 2.75) is 52.1 Å². The van der Waals surface area contributed by atoms with Crippen LogP contribution in [-0.4, -0.2) is 38.9 Å². The van der Waals surface area contributed by atoms with Crippen molar-refractivity contribution in [2.75, 3.05) is 17.9 Å². The standard InChI is InChI=1S/C18H27IN3O4PS/c1-18(2)6-4-13(5-7-18)21(3)10-12-8-14(26-19)17(15(27)9-12)22-11-16(23)20-28(22,24)25/h8-9,13H,4-7,10-11,27H2,1-3H3,(H,20,23). The molecule has 2 aliphatic rings. The summed E-state index contributed by atoms with van der Waals surface area (Å²) in [5.74, 6) is -0.116. The summed E-state index contributed by atoms with van der Waals surface area (Å²) in [6, 6.07) is 4.35. The summed E-state index contributed by atoms with van der Waals surface area (Å²) in [7, 11) is 0.825. The van der Waals surface area contributed by atoms with Gasteiger partial charge in [-0.1, -0.05) is 13.8 Å². The van der Waals surface area contributed by atoms with Crippen LogP contribution in [0.4, 0.5) is 5.69 Å². The van der Waals surface area contributed by atoms with E-state index in [0.717, 1.165) is 16.4 Å². The van der Waals surface area contributed by atoms with Gasteiger partial charge >= 0.3 is 10.2 Å². The lowest BCUT2D eigenvalue weighted by molar-refractivity contribution is -0.117. The van der Waals surface area contributed by atoms with E-state index in [0.29, 0.717) is 28.2 Å². The highest BCUT2D eigenvalue weighted by atomic mass is 127. The molecule has 1 aromatic carbocycles. The highest BCUT2D eigenvalue weighted by Crippen LogP contribution is 2.38. The monoisotopic (exact) mass is 539 g/mol. The van der Waals surface area contributed by atoms with Crippen LogP contribution in [0.3, 0.4) is 0 Å². The Balaban J connectivity index is 1.81. The van der Waals surface area contributed by atoms with Crippen LogP contribution in [0.1, 0.15) is 45.1 Å². The predicted octanol–water partition coefficient (Wildman–Crippen LogP) is 2.50. The molecule has 28 heavy (non-hydrogen) atoms.